The SMILES string of the molecule is CCCN(Cc1cc(C(C)(C)C)cc(C(C)(C)C)c1[O])Cc1cc(C(C)(C)C)cc(C(C)(C)C)c1[O]. The average molecular weight is 494 g/mol. The second-order valence-corrected chi connectivity index (χ2v) is 14.7. The summed E-state index contributed by atoms with van der Waals surface area (Å²) < 4.78 is 0. The van der Waals surface area contributed by atoms with Crippen molar-refractivity contribution in [3.8, 4) is 11.5 Å². The Morgan fingerprint density at radius 2 is 0.889 bits per heavy atom. The second kappa shape index (κ2) is 10.4. The van der Waals surface area contributed by atoms with Gasteiger partial charge in [-0.2, -0.15) is 0 Å². The van der Waals surface area contributed by atoms with E-state index in [0.29, 0.717) is 13.1 Å². The highest BCUT2D eigenvalue weighted by Gasteiger charge is 2.29. The lowest BCUT2D eigenvalue weighted by Crippen LogP contribution is -2.26. The van der Waals surface area contributed by atoms with Gasteiger partial charge >= 0.3 is 0 Å². The molecule has 0 atom stereocenters. The van der Waals surface area contributed by atoms with E-state index >= 15 is 0 Å². The largest absolute Gasteiger partial charge is 0.295 e. The van der Waals surface area contributed by atoms with E-state index in [1.165, 1.54) is 11.1 Å². The van der Waals surface area contributed by atoms with Crippen LogP contribution in [-0.2, 0) is 45.0 Å². The minimum Gasteiger partial charge on any atom is -0.295 e. The molecule has 0 amide bonds. The molecule has 0 aliphatic heterocycles. The summed E-state index contributed by atoms with van der Waals surface area (Å²) in [5, 5.41) is 27.3. The first kappa shape index (κ1) is 30.2. The average Bonchev–Trinajstić information content (AvgIpc) is 2.67. The number of benzene rings is 2. The zero-order valence-electron chi connectivity index (χ0n) is 25.4. The fraction of sp³-hybridized carbons (Fsp3) is 0.636. The molecule has 2 aromatic carbocycles. The molecule has 0 heterocycles. The van der Waals surface area contributed by atoms with E-state index in [-0.39, 0.29) is 33.2 Å². The van der Waals surface area contributed by atoms with Crippen LogP contribution in [0.15, 0.2) is 24.3 Å². The predicted molar refractivity (Wildman–Crippen MR) is 152 cm³/mol. The number of rotatable bonds is 6. The Bertz CT molecular complexity index is 970. The maximum atomic E-state index is 13.6. The van der Waals surface area contributed by atoms with Crippen molar-refractivity contribution < 1.29 is 10.2 Å². The van der Waals surface area contributed by atoms with Gasteiger partial charge in [0.15, 0.2) is 11.5 Å². The van der Waals surface area contributed by atoms with Gasteiger partial charge < -0.3 is 0 Å². The van der Waals surface area contributed by atoms with Crippen molar-refractivity contribution in [2.75, 3.05) is 6.54 Å². The summed E-state index contributed by atoms with van der Waals surface area (Å²) in [6.07, 6.45) is 0.957. The summed E-state index contributed by atoms with van der Waals surface area (Å²) in [6.45, 7) is 29.9. The van der Waals surface area contributed by atoms with Crippen LogP contribution < -0.4 is 0 Å². The highest BCUT2D eigenvalue weighted by Crippen LogP contribution is 2.41. The van der Waals surface area contributed by atoms with Gasteiger partial charge in [0, 0.05) is 35.3 Å². The molecule has 0 spiro atoms. The van der Waals surface area contributed by atoms with E-state index in [2.05, 4.69) is 119 Å². The lowest BCUT2D eigenvalue weighted by Gasteiger charge is -2.30. The zero-order valence-corrected chi connectivity index (χ0v) is 25.4. The topological polar surface area (TPSA) is 43.0 Å². The molecule has 0 N–H and O–H groups in total. The Labute approximate surface area is 222 Å². The Morgan fingerprint density at radius 1 is 0.556 bits per heavy atom. The highest BCUT2D eigenvalue weighted by atomic mass is 16.3. The van der Waals surface area contributed by atoms with Gasteiger partial charge in [-0.05, 0) is 45.8 Å². The molecule has 0 fully saturated rings. The third-order valence-corrected chi connectivity index (χ3v) is 7.01. The first-order valence-electron chi connectivity index (χ1n) is 13.6. The summed E-state index contributed by atoms with van der Waals surface area (Å²) in [5.74, 6) is 0.274. The zero-order chi connectivity index (χ0) is 27.9. The van der Waals surface area contributed by atoms with Crippen molar-refractivity contribution in [3.05, 3.63) is 57.6 Å². The molecular formula is C33H51NO2. The van der Waals surface area contributed by atoms with Crippen molar-refractivity contribution in [1.29, 1.82) is 0 Å². The summed E-state index contributed by atoms with van der Waals surface area (Å²) in [4.78, 5) is 2.28. The van der Waals surface area contributed by atoms with Gasteiger partial charge in [0.25, 0.3) is 0 Å². The molecule has 0 bridgehead atoms. The maximum absolute atomic E-state index is 13.6. The van der Waals surface area contributed by atoms with E-state index in [0.717, 1.165) is 35.2 Å². The molecule has 2 aromatic rings. The monoisotopic (exact) mass is 493 g/mol. The molecule has 200 valence electrons. The molecule has 0 aromatic heterocycles. The van der Waals surface area contributed by atoms with Crippen LogP contribution in [0.2, 0.25) is 0 Å². The maximum Gasteiger partial charge on any atom is 0.186 e. The number of hydrogen-bond acceptors (Lipinski definition) is 1. The fourth-order valence-corrected chi connectivity index (χ4v) is 4.61. The first-order chi connectivity index (χ1) is 16.2. The van der Waals surface area contributed by atoms with Gasteiger partial charge in [0.1, 0.15) is 0 Å². The smallest absolute Gasteiger partial charge is 0.186 e. The first-order valence-corrected chi connectivity index (χ1v) is 13.6. The van der Waals surface area contributed by atoms with Crippen molar-refractivity contribution in [3.63, 3.8) is 0 Å². The van der Waals surface area contributed by atoms with Crippen molar-refractivity contribution in [1.82, 2.24) is 4.90 Å². The van der Waals surface area contributed by atoms with E-state index < -0.39 is 0 Å². The van der Waals surface area contributed by atoms with Crippen molar-refractivity contribution >= 4 is 0 Å². The van der Waals surface area contributed by atoms with Crippen LogP contribution >= 0.6 is 0 Å². The minimum absolute atomic E-state index is 0.0527. The molecule has 3 nitrogen and oxygen atoms in total. The molecule has 0 aliphatic rings. The Kier molecular flexibility index (Phi) is 8.73. The molecule has 2 radical (unpaired) electrons. The fourth-order valence-electron chi connectivity index (χ4n) is 4.61. The lowest BCUT2D eigenvalue weighted by atomic mass is 9.78. The van der Waals surface area contributed by atoms with Gasteiger partial charge in [-0.1, -0.05) is 114 Å². The van der Waals surface area contributed by atoms with Crippen LogP contribution in [-0.4, -0.2) is 11.4 Å². The van der Waals surface area contributed by atoms with Gasteiger partial charge in [0.05, 0.1) is 0 Å². The van der Waals surface area contributed by atoms with Crippen LogP contribution in [0.1, 0.15) is 130 Å². The standard InChI is InChI=1S/C33H51NO2/c1-14-15-34(20-22-16-24(30(2,3)4)18-26(28(22)35)32(8,9)10)21-23-17-25(31(5,6)7)19-27(29(23)36)33(11,12)13/h16-19H,14-15,20-21H2,1-13H3. The molecule has 0 unspecified atom stereocenters. The summed E-state index contributed by atoms with van der Waals surface area (Å²) in [7, 11) is 0. The number of nitrogens with zero attached hydrogens (tertiary/aromatic N) is 1. The molecule has 0 aliphatic carbocycles. The van der Waals surface area contributed by atoms with Crippen molar-refractivity contribution in [2.45, 2.75) is 131 Å². The van der Waals surface area contributed by atoms with E-state index in [4.69, 9.17) is 0 Å². The summed E-state index contributed by atoms with van der Waals surface area (Å²) >= 11 is 0. The van der Waals surface area contributed by atoms with Gasteiger partial charge in [-0.15, -0.1) is 0 Å². The molecular weight excluding hydrogens is 442 g/mol. The third-order valence-electron chi connectivity index (χ3n) is 7.01. The second-order valence-electron chi connectivity index (χ2n) is 14.7. The Morgan fingerprint density at radius 3 is 1.14 bits per heavy atom. The summed E-state index contributed by atoms with van der Waals surface area (Å²) in [6, 6.07) is 8.41. The van der Waals surface area contributed by atoms with E-state index in [9.17, 15) is 10.2 Å². The Hall–Kier alpha value is -2.00. The lowest BCUT2D eigenvalue weighted by molar-refractivity contribution is 0.239. The van der Waals surface area contributed by atoms with Crippen LogP contribution in [0.25, 0.3) is 0 Å². The van der Waals surface area contributed by atoms with E-state index in [1.54, 1.807) is 0 Å². The molecule has 36 heavy (non-hydrogen) atoms. The highest BCUT2D eigenvalue weighted by molar-refractivity contribution is 5.50. The number of hydrogen-bond donors (Lipinski definition) is 0. The van der Waals surface area contributed by atoms with E-state index in [1.807, 2.05) is 0 Å². The third kappa shape index (κ3) is 7.28. The summed E-state index contributed by atoms with van der Waals surface area (Å²) in [5.41, 5.74) is 5.21. The van der Waals surface area contributed by atoms with Gasteiger partial charge in [0.2, 0.25) is 0 Å². The van der Waals surface area contributed by atoms with Crippen LogP contribution in [0.4, 0.5) is 0 Å². The molecule has 3 heteroatoms. The van der Waals surface area contributed by atoms with Crippen LogP contribution in [0.5, 0.6) is 11.5 Å². The minimum atomic E-state index is -0.229. The van der Waals surface area contributed by atoms with Crippen LogP contribution in [0.3, 0.4) is 0 Å². The molecule has 0 saturated heterocycles. The normalized spacial score (nSPS) is 13.5. The predicted octanol–water partition coefficient (Wildman–Crippen LogP) is 9.58. The quantitative estimate of drug-likeness (QED) is 0.395. The van der Waals surface area contributed by atoms with Crippen LogP contribution in [0, 0.1) is 0 Å². The Balaban J connectivity index is 2.61. The molecule has 0 saturated carbocycles. The molecule has 2 rings (SSSR count). The van der Waals surface area contributed by atoms with Gasteiger partial charge in [-0.25, -0.2) is 0 Å². The van der Waals surface area contributed by atoms with Crippen molar-refractivity contribution in [2.24, 2.45) is 0 Å². The van der Waals surface area contributed by atoms with Gasteiger partial charge in [-0.3, -0.25) is 15.1 Å².